The van der Waals surface area contributed by atoms with E-state index in [1.165, 1.54) is 0 Å². The molecule has 3 atom stereocenters. The lowest BCUT2D eigenvalue weighted by Gasteiger charge is -2.38. The molecule has 0 radical (unpaired) electrons. The van der Waals surface area contributed by atoms with E-state index in [-0.39, 0.29) is 30.1 Å². The molecular formula is C13H24N2O3. The van der Waals surface area contributed by atoms with Crippen LogP contribution in [0.3, 0.4) is 0 Å². The second-order valence-corrected chi connectivity index (χ2v) is 6.61. The van der Waals surface area contributed by atoms with Gasteiger partial charge < -0.3 is 20.5 Å². The minimum atomic E-state index is -0.469. The molecule has 2 rings (SSSR count). The largest absolute Gasteiger partial charge is 0.444 e. The summed E-state index contributed by atoms with van der Waals surface area (Å²) in [4.78, 5) is 13.8. The Balaban J connectivity index is 1.98. The third-order valence-corrected chi connectivity index (χ3v) is 4.09. The number of nitrogens with zero attached hydrogens (tertiary/aromatic N) is 1. The molecular weight excluding hydrogens is 232 g/mol. The van der Waals surface area contributed by atoms with Gasteiger partial charge in [-0.1, -0.05) is 0 Å². The average molecular weight is 256 g/mol. The van der Waals surface area contributed by atoms with Gasteiger partial charge in [-0.15, -0.1) is 0 Å². The molecule has 1 aliphatic heterocycles. The van der Waals surface area contributed by atoms with Gasteiger partial charge in [-0.3, -0.25) is 0 Å². The van der Waals surface area contributed by atoms with Gasteiger partial charge in [0.1, 0.15) is 5.60 Å². The molecule has 5 nitrogen and oxygen atoms in total. The predicted molar refractivity (Wildman–Crippen MR) is 68.0 cm³/mol. The molecule has 0 aromatic heterocycles. The third-order valence-electron chi connectivity index (χ3n) is 4.09. The fourth-order valence-electron chi connectivity index (χ4n) is 2.91. The molecule has 0 aromatic carbocycles. The highest BCUT2D eigenvalue weighted by Crippen LogP contribution is 2.56. The Hall–Kier alpha value is -0.810. The highest BCUT2D eigenvalue weighted by molar-refractivity contribution is 5.68. The third kappa shape index (κ3) is 2.47. The quantitative estimate of drug-likeness (QED) is 0.732. The van der Waals surface area contributed by atoms with Crippen molar-refractivity contribution in [3.05, 3.63) is 0 Å². The van der Waals surface area contributed by atoms with Gasteiger partial charge >= 0.3 is 6.09 Å². The van der Waals surface area contributed by atoms with Gasteiger partial charge in [-0.25, -0.2) is 4.79 Å². The Morgan fingerprint density at radius 2 is 2.22 bits per heavy atom. The van der Waals surface area contributed by atoms with Crippen molar-refractivity contribution < 1.29 is 14.6 Å². The minimum Gasteiger partial charge on any atom is -0.444 e. The van der Waals surface area contributed by atoms with Crippen molar-refractivity contribution in [1.29, 1.82) is 0 Å². The van der Waals surface area contributed by atoms with E-state index in [9.17, 15) is 9.90 Å². The topological polar surface area (TPSA) is 75.8 Å². The van der Waals surface area contributed by atoms with Crippen LogP contribution in [0.4, 0.5) is 4.79 Å². The summed E-state index contributed by atoms with van der Waals surface area (Å²) in [5.41, 5.74) is 5.61. The smallest absolute Gasteiger partial charge is 0.410 e. The van der Waals surface area contributed by atoms with Crippen LogP contribution < -0.4 is 5.73 Å². The molecule has 3 unspecified atom stereocenters. The molecule has 3 N–H and O–H groups in total. The van der Waals surface area contributed by atoms with E-state index in [0.717, 1.165) is 12.8 Å². The zero-order chi connectivity index (χ0) is 13.6. The fourth-order valence-corrected chi connectivity index (χ4v) is 2.91. The molecule has 1 saturated carbocycles. The summed E-state index contributed by atoms with van der Waals surface area (Å²) in [6.45, 7) is 7.03. The van der Waals surface area contributed by atoms with Crippen LogP contribution in [0.15, 0.2) is 0 Å². The first-order valence-corrected chi connectivity index (χ1v) is 6.63. The zero-order valence-electron chi connectivity index (χ0n) is 11.5. The number of carbonyl (C=O) groups excluding carboxylic acids is 1. The van der Waals surface area contributed by atoms with Crippen LogP contribution in [-0.2, 0) is 4.74 Å². The summed E-state index contributed by atoms with van der Waals surface area (Å²) in [5.74, 6) is 0.248. The number of aliphatic hydroxyl groups excluding tert-OH is 1. The van der Waals surface area contributed by atoms with Gasteiger partial charge in [0.2, 0.25) is 0 Å². The summed E-state index contributed by atoms with van der Waals surface area (Å²) in [6.07, 6.45) is 1.44. The van der Waals surface area contributed by atoms with Gasteiger partial charge in [0.15, 0.2) is 0 Å². The van der Waals surface area contributed by atoms with Crippen LogP contribution >= 0.6 is 0 Å². The van der Waals surface area contributed by atoms with Gasteiger partial charge in [0.05, 0.1) is 0 Å². The van der Waals surface area contributed by atoms with Crippen molar-refractivity contribution >= 4 is 6.09 Å². The Bertz CT molecular complexity index is 340. The average Bonchev–Trinajstić information content (AvgIpc) is 2.94. The zero-order valence-corrected chi connectivity index (χ0v) is 11.5. The lowest BCUT2D eigenvalue weighted by Crippen LogP contribution is -2.52. The first-order valence-electron chi connectivity index (χ1n) is 6.63. The van der Waals surface area contributed by atoms with E-state index in [1.54, 1.807) is 4.90 Å². The summed E-state index contributed by atoms with van der Waals surface area (Å²) in [7, 11) is 0. The van der Waals surface area contributed by atoms with Crippen molar-refractivity contribution in [3.8, 4) is 0 Å². The second-order valence-electron chi connectivity index (χ2n) is 6.61. The van der Waals surface area contributed by atoms with Crippen molar-refractivity contribution in [2.45, 2.75) is 45.3 Å². The van der Waals surface area contributed by atoms with E-state index in [0.29, 0.717) is 13.1 Å². The Kier molecular flexibility index (Phi) is 3.32. The maximum atomic E-state index is 12.0. The summed E-state index contributed by atoms with van der Waals surface area (Å²) >= 11 is 0. The molecule has 0 aromatic rings. The van der Waals surface area contributed by atoms with Gasteiger partial charge in [0.25, 0.3) is 0 Å². The number of hydrogen-bond donors (Lipinski definition) is 2. The van der Waals surface area contributed by atoms with Crippen molar-refractivity contribution in [1.82, 2.24) is 4.90 Å². The molecule has 18 heavy (non-hydrogen) atoms. The van der Waals surface area contributed by atoms with Crippen LogP contribution in [-0.4, -0.2) is 47.4 Å². The van der Waals surface area contributed by atoms with Gasteiger partial charge in [-0.05, 0) is 39.5 Å². The number of ether oxygens (including phenoxy) is 1. The van der Waals surface area contributed by atoms with E-state index < -0.39 is 5.60 Å². The molecule has 5 heteroatoms. The van der Waals surface area contributed by atoms with Crippen molar-refractivity contribution in [2.75, 3.05) is 19.7 Å². The van der Waals surface area contributed by atoms with Crippen LogP contribution in [0, 0.1) is 11.3 Å². The molecule has 2 fully saturated rings. The molecule has 0 bridgehead atoms. The number of likely N-dealkylation sites (tertiary alicyclic amines) is 1. The summed E-state index contributed by atoms with van der Waals surface area (Å²) in [5, 5.41) is 9.26. The number of carbonyl (C=O) groups is 1. The van der Waals surface area contributed by atoms with E-state index in [4.69, 9.17) is 10.5 Å². The second kappa shape index (κ2) is 4.38. The molecule has 1 saturated heterocycles. The Morgan fingerprint density at radius 3 is 2.72 bits per heavy atom. The predicted octanol–water partition coefficient (Wildman–Crippen LogP) is 0.953. The molecule has 1 aliphatic carbocycles. The van der Waals surface area contributed by atoms with Crippen LogP contribution in [0.2, 0.25) is 0 Å². The maximum Gasteiger partial charge on any atom is 0.410 e. The van der Waals surface area contributed by atoms with Crippen LogP contribution in [0.1, 0.15) is 33.6 Å². The van der Waals surface area contributed by atoms with E-state index in [1.807, 2.05) is 20.8 Å². The standard InChI is InChI=1S/C13H24N2O3/c1-12(2,3)18-11(17)15-5-4-10(14)13(8-15)6-9(13)7-16/h9-10,16H,4-8,14H2,1-3H3. The number of hydrogen-bond acceptors (Lipinski definition) is 4. The Labute approximate surface area is 108 Å². The molecule has 1 spiro atoms. The molecule has 1 amide bonds. The summed E-state index contributed by atoms with van der Waals surface area (Å²) < 4.78 is 5.39. The monoisotopic (exact) mass is 256 g/mol. The van der Waals surface area contributed by atoms with Crippen molar-refractivity contribution in [3.63, 3.8) is 0 Å². The minimum absolute atomic E-state index is 0.0656. The number of nitrogens with two attached hydrogens (primary N) is 1. The maximum absolute atomic E-state index is 12.0. The SMILES string of the molecule is CC(C)(C)OC(=O)N1CCC(N)C2(CC2CO)C1. The number of amides is 1. The van der Waals surface area contributed by atoms with Gasteiger partial charge in [0, 0.05) is 31.2 Å². The lowest BCUT2D eigenvalue weighted by molar-refractivity contribution is 0.0103. The van der Waals surface area contributed by atoms with Crippen LogP contribution in [0.25, 0.3) is 0 Å². The lowest BCUT2D eigenvalue weighted by atomic mass is 9.87. The summed E-state index contributed by atoms with van der Waals surface area (Å²) in [6, 6.07) is 0.0911. The van der Waals surface area contributed by atoms with Crippen molar-refractivity contribution in [2.24, 2.45) is 17.1 Å². The molecule has 104 valence electrons. The number of aliphatic hydroxyl groups is 1. The first kappa shape index (κ1) is 13.6. The Morgan fingerprint density at radius 1 is 1.56 bits per heavy atom. The molecule has 2 aliphatic rings. The highest BCUT2D eigenvalue weighted by Gasteiger charge is 2.60. The fraction of sp³-hybridized carbons (Fsp3) is 0.923. The number of piperidine rings is 1. The number of rotatable bonds is 1. The van der Waals surface area contributed by atoms with E-state index in [2.05, 4.69) is 0 Å². The molecule has 1 heterocycles. The normalized spacial score (nSPS) is 35.7. The van der Waals surface area contributed by atoms with Crippen LogP contribution in [0.5, 0.6) is 0 Å². The highest BCUT2D eigenvalue weighted by atomic mass is 16.6. The first-order chi connectivity index (χ1) is 8.28. The van der Waals surface area contributed by atoms with E-state index >= 15 is 0 Å². The van der Waals surface area contributed by atoms with Gasteiger partial charge in [-0.2, -0.15) is 0 Å².